The number of phenols is 1. The standard InChI is InChI=1S/C25H31N3O7S/c1-16-3-9-21(10-4-16)36(34,35)27-17(2)24(31)28-13-11-19(12-14-28)23(30)26-22(25(32)33)15-18-5-7-20(29)8-6-18/h3-10,17,19,22,27,29H,11-15H2,1-2H3,(H,26,30)(H,32,33)/t17-,22-/m0/s1. The molecule has 2 atom stereocenters. The summed E-state index contributed by atoms with van der Waals surface area (Å²) in [6.45, 7) is 3.83. The number of nitrogens with zero attached hydrogens (tertiary/aromatic N) is 1. The summed E-state index contributed by atoms with van der Waals surface area (Å²) in [5.74, 6) is -2.36. The Labute approximate surface area is 210 Å². The van der Waals surface area contributed by atoms with Crippen molar-refractivity contribution in [2.24, 2.45) is 5.92 Å². The van der Waals surface area contributed by atoms with Crippen LogP contribution >= 0.6 is 0 Å². The lowest BCUT2D eigenvalue weighted by molar-refractivity contribution is -0.143. The van der Waals surface area contributed by atoms with Gasteiger partial charge in [0.15, 0.2) is 0 Å². The lowest BCUT2D eigenvalue weighted by atomic mass is 9.94. The molecule has 1 heterocycles. The van der Waals surface area contributed by atoms with Gasteiger partial charge in [0.25, 0.3) is 0 Å². The second-order valence-electron chi connectivity index (χ2n) is 9.03. The van der Waals surface area contributed by atoms with Crippen LogP contribution < -0.4 is 10.0 Å². The Bertz CT molecular complexity index is 1190. The van der Waals surface area contributed by atoms with E-state index in [0.29, 0.717) is 18.4 Å². The van der Waals surface area contributed by atoms with Gasteiger partial charge in [-0.2, -0.15) is 4.72 Å². The van der Waals surface area contributed by atoms with Gasteiger partial charge >= 0.3 is 5.97 Å². The minimum Gasteiger partial charge on any atom is -0.508 e. The van der Waals surface area contributed by atoms with Gasteiger partial charge in [0.2, 0.25) is 21.8 Å². The first kappa shape index (κ1) is 27.2. The molecule has 4 N–H and O–H groups in total. The highest BCUT2D eigenvalue weighted by Crippen LogP contribution is 2.20. The van der Waals surface area contributed by atoms with E-state index in [0.717, 1.165) is 5.56 Å². The smallest absolute Gasteiger partial charge is 0.326 e. The molecule has 0 aliphatic carbocycles. The summed E-state index contributed by atoms with van der Waals surface area (Å²) in [5, 5.41) is 21.5. The number of aliphatic carboxylic acids is 1. The number of hydrogen-bond donors (Lipinski definition) is 4. The summed E-state index contributed by atoms with van der Waals surface area (Å²) in [5.41, 5.74) is 1.57. The Morgan fingerprint density at radius 3 is 2.17 bits per heavy atom. The van der Waals surface area contributed by atoms with Gasteiger partial charge in [-0.3, -0.25) is 9.59 Å². The molecule has 0 spiro atoms. The molecule has 0 radical (unpaired) electrons. The molecule has 1 aliphatic heterocycles. The number of likely N-dealkylation sites (tertiary alicyclic amines) is 1. The summed E-state index contributed by atoms with van der Waals surface area (Å²) in [4.78, 5) is 38.8. The zero-order valence-electron chi connectivity index (χ0n) is 20.2. The van der Waals surface area contributed by atoms with Crippen LogP contribution in [0.1, 0.15) is 30.9 Å². The number of rotatable bonds is 9. The van der Waals surface area contributed by atoms with Crippen LogP contribution in [0.5, 0.6) is 5.75 Å². The molecule has 11 heteroatoms. The van der Waals surface area contributed by atoms with Crippen LogP contribution in [-0.4, -0.2) is 66.5 Å². The first-order valence-electron chi connectivity index (χ1n) is 11.6. The van der Waals surface area contributed by atoms with Gasteiger partial charge in [0.1, 0.15) is 11.8 Å². The molecule has 1 saturated heterocycles. The lowest BCUT2D eigenvalue weighted by Crippen LogP contribution is -2.51. The van der Waals surface area contributed by atoms with E-state index in [1.165, 1.54) is 36.1 Å². The van der Waals surface area contributed by atoms with Gasteiger partial charge < -0.3 is 20.4 Å². The predicted octanol–water partition coefficient (Wildman–Crippen LogP) is 1.42. The molecule has 3 rings (SSSR count). The number of benzene rings is 2. The van der Waals surface area contributed by atoms with Crippen LogP contribution in [-0.2, 0) is 30.8 Å². The number of piperidine rings is 1. The molecule has 0 aromatic heterocycles. The average molecular weight is 518 g/mol. The van der Waals surface area contributed by atoms with Gasteiger partial charge in [-0.05, 0) is 56.5 Å². The first-order valence-corrected chi connectivity index (χ1v) is 13.1. The predicted molar refractivity (Wildman–Crippen MR) is 132 cm³/mol. The summed E-state index contributed by atoms with van der Waals surface area (Å²) in [6, 6.07) is 10.3. The molecule has 2 aromatic carbocycles. The number of carboxylic acids is 1. The number of aromatic hydroxyl groups is 1. The number of nitrogens with one attached hydrogen (secondary N) is 2. The van der Waals surface area contributed by atoms with E-state index in [-0.39, 0.29) is 36.1 Å². The van der Waals surface area contributed by atoms with Gasteiger partial charge in [-0.25, -0.2) is 13.2 Å². The monoisotopic (exact) mass is 517 g/mol. The van der Waals surface area contributed by atoms with E-state index >= 15 is 0 Å². The maximum absolute atomic E-state index is 12.8. The second kappa shape index (κ2) is 11.5. The Balaban J connectivity index is 1.52. The highest BCUT2D eigenvalue weighted by Gasteiger charge is 2.32. The highest BCUT2D eigenvalue weighted by molar-refractivity contribution is 7.89. The number of aryl methyl sites for hydroxylation is 1. The van der Waals surface area contributed by atoms with Gasteiger partial charge in [-0.1, -0.05) is 29.8 Å². The number of sulfonamides is 1. The van der Waals surface area contributed by atoms with Crippen LogP contribution in [0.4, 0.5) is 0 Å². The molecule has 1 aliphatic rings. The van der Waals surface area contributed by atoms with Crippen molar-refractivity contribution in [3.05, 3.63) is 59.7 Å². The summed E-state index contributed by atoms with van der Waals surface area (Å²) >= 11 is 0. The van der Waals surface area contributed by atoms with E-state index in [2.05, 4.69) is 10.0 Å². The zero-order valence-corrected chi connectivity index (χ0v) is 21.0. The maximum Gasteiger partial charge on any atom is 0.326 e. The molecular formula is C25H31N3O7S. The van der Waals surface area contributed by atoms with Crippen molar-refractivity contribution in [2.45, 2.75) is 50.1 Å². The third-order valence-corrected chi connectivity index (χ3v) is 7.76. The van der Waals surface area contributed by atoms with Crippen molar-refractivity contribution in [3.8, 4) is 5.75 Å². The summed E-state index contributed by atoms with van der Waals surface area (Å²) < 4.78 is 27.6. The van der Waals surface area contributed by atoms with E-state index in [9.17, 15) is 33.0 Å². The molecular weight excluding hydrogens is 486 g/mol. The number of hydrogen-bond acceptors (Lipinski definition) is 6. The Kier molecular flexibility index (Phi) is 8.70. The van der Waals surface area contributed by atoms with Crippen molar-refractivity contribution in [3.63, 3.8) is 0 Å². The fourth-order valence-corrected chi connectivity index (χ4v) is 5.26. The molecule has 1 fully saturated rings. The SMILES string of the molecule is Cc1ccc(S(=O)(=O)N[C@@H](C)C(=O)N2CCC(C(=O)N[C@@H](Cc3ccc(O)cc3)C(=O)O)CC2)cc1. The summed E-state index contributed by atoms with van der Waals surface area (Å²) in [6.07, 6.45) is 0.735. The van der Waals surface area contributed by atoms with Crippen LogP contribution in [0.2, 0.25) is 0 Å². The third-order valence-electron chi connectivity index (χ3n) is 6.20. The van der Waals surface area contributed by atoms with E-state index in [1.807, 2.05) is 6.92 Å². The third kappa shape index (κ3) is 7.05. The molecule has 0 saturated carbocycles. The van der Waals surface area contributed by atoms with Crippen molar-refractivity contribution in [2.75, 3.05) is 13.1 Å². The highest BCUT2D eigenvalue weighted by atomic mass is 32.2. The number of phenolic OH excluding ortho intramolecular Hbond substituents is 1. The quantitative estimate of drug-likeness (QED) is 0.392. The Morgan fingerprint density at radius 1 is 1.03 bits per heavy atom. The van der Waals surface area contributed by atoms with E-state index in [4.69, 9.17) is 0 Å². The summed E-state index contributed by atoms with van der Waals surface area (Å²) in [7, 11) is -3.87. The Hall–Kier alpha value is -3.44. The van der Waals surface area contributed by atoms with Crippen LogP contribution in [0.3, 0.4) is 0 Å². The van der Waals surface area contributed by atoms with Gasteiger partial charge in [0, 0.05) is 25.4 Å². The zero-order chi connectivity index (χ0) is 26.5. The fourth-order valence-electron chi connectivity index (χ4n) is 4.06. The number of carbonyl (C=O) groups excluding carboxylic acids is 2. The van der Waals surface area contributed by atoms with Crippen molar-refractivity contribution < 1.29 is 33.0 Å². The normalized spacial score (nSPS) is 16.2. The molecule has 2 aromatic rings. The molecule has 194 valence electrons. The minimum absolute atomic E-state index is 0.0632. The van der Waals surface area contributed by atoms with Gasteiger partial charge in [-0.15, -0.1) is 0 Å². The lowest BCUT2D eigenvalue weighted by Gasteiger charge is -2.33. The van der Waals surface area contributed by atoms with Crippen molar-refractivity contribution in [1.82, 2.24) is 14.9 Å². The largest absolute Gasteiger partial charge is 0.508 e. The molecule has 0 unspecified atom stereocenters. The molecule has 2 amide bonds. The number of amides is 2. The Morgan fingerprint density at radius 2 is 1.61 bits per heavy atom. The maximum atomic E-state index is 12.8. The van der Waals surface area contributed by atoms with E-state index in [1.54, 1.807) is 24.3 Å². The topological polar surface area (TPSA) is 153 Å². The van der Waals surface area contributed by atoms with E-state index < -0.39 is 39.9 Å². The van der Waals surface area contributed by atoms with Gasteiger partial charge in [0.05, 0.1) is 10.9 Å². The fraction of sp³-hybridized carbons (Fsp3) is 0.400. The average Bonchev–Trinajstić information content (AvgIpc) is 2.84. The second-order valence-corrected chi connectivity index (χ2v) is 10.7. The first-order chi connectivity index (χ1) is 17.0. The molecule has 0 bridgehead atoms. The van der Waals surface area contributed by atoms with Crippen LogP contribution in [0.15, 0.2) is 53.4 Å². The van der Waals surface area contributed by atoms with Crippen molar-refractivity contribution in [1.29, 1.82) is 0 Å². The van der Waals surface area contributed by atoms with Crippen LogP contribution in [0.25, 0.3) is 0 Å². The van der Waals surface area contributed by atoms with Crippen LogP contribution in [0, 0.1) is 12.8 Å². The molecule has 36 heavy (non-hydrogen) atoms. The minimum atomic E-state index is -3.87. The van der Waals surface area contributed by atoms with Crippen molar-refractivity contribution >= 4 is 27.8 Å². The number of carboxylic acid groups (broad SMARTS) is 1. The number of carbonyl (C=O) groups is 3. The molecule has 10 nitrogen and oxygen atoms in total.